The maximum Gasteiger partial charge on any atom is 0.312 e. The van der Waals surface area contributed by atoms with Crippen molar-refractivity contribution in [2.75, 3.05) is 39.6 Å². The van der Waals surface area contributed by atoms with Gasteiger partial charge in [0.2, 0.25) is 0 Å². The molecule has 4 aliphatic carbocycles. The van der Waals surface area contributed by atoms with Crippen LogP contribution in [0, 0.1) is 22.7 Å². The van der Waals surface area contributed by atoms with Crippen molar-refractivity contribution in [3.8, 4) is 0 Å². The number of hydrogen-bond acceptors (Lipinski definition) is 8. The van der Waals surface area contributed by atoms with Crippen molar-refractivity contribution in [3.05, 3.63) is 69.8 Å². The van der Waals surface area contributed by atoms with E-state index in [0.29, 0.717) is 31.5 Å². The van der Waals surface area contributed by atoms with Gasteiger partial charge in [0, 0.05) is 13.2 Å². The Morgan fingerprint density at radius 2 is 1.04 bits per heavy atom. The van der Waals surface area contributed by atoms with Crippen LogP contribution in [0.2, 0.25) is 0 Å². The fraction of sp³-hybridized carbons (Fsp3) is 0.714. The Morgan fingerprint density at radius 1 is 0.632 bits per heavy atom. The number of benzene rings is 2. The molecular formula is C49H72O8. The van der Waals surface area contributed by atoms with Crippen LogP contribution in [0.15, 0.2) is 36.4 Å². The summed E-state index contributed by atoms with van der Waals surface area (Å²) in [5.41, 5.74) is 7.02. The lowest BCUT2D eigenvalue weighted by Gasteiger charge is -2.54. The number of hydrogen-bond donors (Lipinski definition) is 2. The predicted molar refractivity (Wildman–Crippen MR) is 223 cm³/mol. The van der Waals surface area contributed by atoms with E-state index in [9.17, 15) is 19.8 Å². The lowest BCUT2D eigenvalue weighted by Crippen LogP contribution is -2.53. The van der Waals surface area contributed by atoms with Crippen molar-refractivity contribution in [1.82, 2.24) is 0 Å². The number of carbonyl (C=O) groups excluding carboxylic acids is 2. The number of aryl methyl sites for hydroxylation is 2. The lowest BCUT2D eigenvalue weighted by atomic mass is 9.49. The zero-order valence-corrected chi connectivity index (χ0v) is 36.3. The first-order valence-corrected chi connectivity index (χ1v) is 22.2. The molecule has 2 aromatic carbocycles. The molecule has 0 saturated heterocycles. The van der Waals surface area contributed by atoms with Crippen LogP contribution in [0.5, 0.6) is 0 Å². The van der Waals surface area contributed by atoms with E-state index < -0.39 is 23.0 Å². The molecule has 57 heavy (non-hydrogen) atoms. The summed E-state index contributed by atoms with van der Waals surface area (Å²) in [4.78, 5) is 27.3. The number of aliphatic hydroxyl groups excluding tert-OH is 2. The van der Waals surface area contributed by atoms with Gasteiger partial charge in [-0.05, 0) is 140 Å². The van der Waals surface area contributed by atoms with Gasteiger partial charge in [-0.2, -0.15) is 0 Å². The van der Waals surface area contributed by atoms with Gasteiger partial charge in [-0.15, -0.1) is 0 Å². The molecule has 8 nitrogen and oxygen atoms in total. The molecule has 6 rings (SSSR count). The molecule has 0 amide bonds. The first-order valence-electron chi connectivity index (χ1n) is 22.2. The molecule has 2 N–H and O–H groups in total. The number of esters is 2. The van der Waals surface area contributed by atoms with Crippen molar-refractivity contribution in [3.63, 3.8) is 0 Å². The Kier molecular flexibility index (Phi) is 13.7. The normalized spacial score (nSPS) is 30.5. The Balaban J connectivity index is 0.871. The van der Waals surface area contributed by atoms with E-state index in [2.05, 4.69) is 91.8 Å². The number of ether oxygens (including phenoxy) is 4. The first kappa shape index (κ1) is 43.8. The SMILES string of the molecule is CC(C)c1ccc2c(c1)CCC1C(C)(C(=O)OCC(O)COCCCOCC(O)COC(=O)C3(C)CCCC4(C)c5ccc(C(C)C)cc5CCC34)CCCC21C. The second-order valence-corrected chi connectivity index (χ2v) is 19.7. The highest BCUT2D eigenvalue weighted by Crippen LogP contribution is 2.59. The molecule has 0 radical (unpaired) electrons. The van der Waals surface area contributed by atoms with Crippen LogP contribution >= 0.6 is 0 Å². The number of rotatable bonds is 16. The van der Waals surface area contributed by atoms with E-state index in [4.69, 9.17) is 18.9 Å². The van der Waals surface area contributed by atoms with Crippen molar-refractivity contribution in [2.45, 2.75) is 161 Å². The van der Waals surface area contributed by atoms with E-state index in [-0.39, 0.29) is 61.0 Å². The number of fused-ring (bicyclic) bond motifs is 6. The van der Waals surface area contributed by atoms with E-state index in [1.54, 1.807) is 0 Å². The summed E-state index contributed by atoms with van der Waals surface area (Å²) in [5, 5.41) is 21.2. The third kappa shape index (κ3) is 8.90. The lowest BCUT2D eigenvalue weighted by molar-refractivity contribution is -0.168. The van der Waals surface area contributed by atoms with Gasteiger partial charge in [0.15, 0.2) is 0 Å². The molecule has 316 valence electrons. The molecule has 0 heterocycles. The Bertz CT molecular complexity index is 1600. The van der Waals surface area contributed by atoms with E-state index in [1.807, 2.05) is 0 Å². The molecule has 2 fully saturated rings. The van der Waals surface area contributed by atoms with E-state index >= 15 is 0 Å². The molecule has 8 unspecified atom stereocenters. The average Bonchev–Trinajstić information content (AvgIpc) is 3.17. The average molecular weight is 789 g/mol. The van der Waals surface area contributed by atoms with Crippen molar-refractivity contribution >= 4 is 11.9 Å². The van der Waals surface area contributed by atoms with Crippen LogP contribution in [-0.2, 0) is 52.2 Å². The fourth-order valence-corrected chi connectivity index (χ4v) is 11.7. The second-order valence-electron chi connectivity index (χ2n) is 19.7. The van der Waals surface area contributed by atoms with Gasteiger partial charge in [-0.3, -0.25) is 9.59 Å². The quantitative estimate of drug-likeness (QED) is 0.128. The molecule has 2 saturated carbocycles. The summed E-state index contributed by atoms with van der Waals surface area (Å²) in [6.45, 7) is 18.4. The van der Waals surface area contributed by atoms with Crippen molar-refractivity contribution < 1.29 is 38.7 Å². The van der Waals surface area contributed by atoms with Crippen molar-refractivity contribution in [2.24, 2.45) is 22.7 Å². The molecular weight excluding hydrogens is 717 g/mol. The van der Waals surface area contributed by atoms with Gasteiger partial charge in [0.25, 0.3) is 0 Å². The Morgan fingerprint density at radius 3 is 1.42 bits per heavy atom. The van der Waals surface area contributed by atoms with Gasteiger partial charge in [-0.1, -0.05) is 90.8 Å². The molecule has 8 atom stereocenters. The Hall–Kier alpha value is -2.78. The highest BCUT2D eigenvalue weighted by molar-refractivity contribution is 5.78. The molecule has 2 aromatic rings. The molecule has 0 spiro atoms. The van der Waals surface area contributed by atoms with Gasteiger partial charge in [0.1, 0.15) is 25.4 Å². The van der Waals surface area contributed by atoms with Crippen LogP contribution in [-0.4, -0.2) is 74.0 Å². The van der Waals surface area contributed by atoms with Gasteiger partial charge < -0.3 is 29.2 Å². The van der Waals surface area contributed by atoms with Crippen molar-refractivity contribution in [1.29, 1.82) is 0 Å². The summed E-state index contributed by atoms with van der Waals surface area (Å²) >= 11 is 0. The number of carbonyl (C=O) groups is 2. The van der Waals surface area contributed by atoms with Crippen LogP contribution in [0.4, 0.5) is 0 Å². The molecule has 0 aromatic heterocycles. The molecule has 0 aliphatic heterocycles. The minimum absolute atomic E-state index is 0.0542. The highest BCUT2D eigenvalue weighted by atomic mass is 16.6. The van der Waals surface area contributed by atoms with Gasteiger partial charge in [-0.25, -0.2) is 0 Å². The summed E-state index contributed by atoms with van der Waals surface area (Å²) in [7, 11) is 0. The minimum Gasteiger partial charge on any atom is -0.462 e. The smallest absolute Gasteiger partial charge is 0.312 e. The summed E-state index contributed by atoms with van der Waals surface area (Å²) < 4.78 is 22.9. The van der Waals surface area contributed by atoms with Crippen LogP contribution in [0.25, 0.3) is 0 Å². The maximum absolute atomic E-state index is 13.7. The maximum atomic E-state index is 13.7. The fourth-order valence-electron chi connectivity index (χ4n) is 11.7. The van der Waals surface area contributed by atoms with Gasteiger partial charge in [0.05, 0.1) is 24.0 Å². The van der Waals surface area contributed by atoms with E-state index in [0.717, 1.165) is 64.2 Å². The summed E-state index contributed by atoms with van der Waals surface area (Å²) in [6.07, 6.45) is 8.25. The summed E-state index contributed by atoms with van der Waals surface area (Å²) in [6, 6.07) is 13.9. The number of aliphatic hydroxyl groups is 2. The molecule has 0 bridgehead atoms. The highest BCUT2D eigenvalue weighted by Gasteiger charge is 2.57. The summed E-state index contributed by atoms with van der Waals surface area (Å²) in [5.74, 6) is 0.915. The third-order valence-corrected chi connectivity index (χ3v) is 15.0. The monoisotopic (exact) mass is 789 g/mol. The zero-order chi connectivity index (χ0) is 41.2. The predicted octanol–water partition coefficient (Wildman–Crippen LogP) is 8.89. The first-order chi connectivity index (χ1) is 27.0. The Labute approximate surface area is 342 Å². The standard InChI is InChI=1S/C49H72O8/c1-32(2)34-12-16-40-36(26-34)14-18-42-46(40,5)20-9-22-48(42,7)44(52)56-30-38(50)28-54-24-11-25-55-29-39(51)31-57-45(53)49(8)23-10-21-47(6)41-17-13-35(33(3)4)27-37(41)15-19-43(47)49/h12-13,16-17,26-27,32-33,38-39,42-43,50-51H,9-11,14-15,18-25,28-31H2,1-8H3. The minimum atomic E-state index is -0.920. The largest absolute Gasteiger partial charge is 0.462 e. The zero-order valence-electron chi connectivity index (χ0n) is 36.3. The molecule has 8 heteroatoms. The second kappa shape index (κ2) is 17.8. The van der Waals surface area contributed by atoms with Crippen LogP contribution < -0.4 is 0 Å². The van der Waals surface area contributed by atoms with E-state index in [1.165, 1.54) is 33.4 Å². The van der Waals surface area contributed by atoms with Crippen LogP contribution in [0.1, 0.15) is 158 Å². The van der Waals surface area contributed by atoms with Gasteiger partial charge >= 0.3 is 11.9 Å². The van der Waals surface area contributed by atoms with Crippen LogP contribution in [0.3, 0.4) is 0 Å². The molecule has 4 aliphatic rings. The topological polar surface area (TPSA) is 112 Å². The third-order valence-electron chi connectivity index (χ3n) is 15.0.